The number of nitrogens with one attached hydrogen (secondary N) is 1. The molecule has 1 aliphatic rings. The first-order valence-corrected chi connectivity index (χ1v) is 11.6. The van der Waals surface area contributed by atoms with E-state index in [0.29, 0.717) is 35.3 Å². The average molecular weight is 484 g/mol. The van der Waals surface area contributed by atoms with Gasteiger partial charge in [0.15, 0.2) is 0 Å². The molecule has 5 aromatic rings. The molecule has 5 heterocycles. The molecule has 0 saturated carbocycles. The molecule has 0 bridgehead atoms. The number of hydrogen-bond donors (Lipinski definition) is 2. The van der Waals surface area contributed by atoms with E-state index in [1.807, 2.05) is 56.7 Å². The number of aryl methyl sites for hydroxylation is 2. The zero-order valence-electron chi connectivity index (χ0n) is 19.9. The quantitative estimate of drug-likeness (QED) is 0.376. The Kier molecular flexibility index (Phi) is 5.35. The van der Waals surface area contributed by atoms with Crippen LogP contribution in [0.25, 0.3) is 28.2 Å². The van der Waals surface area contributed by atoms with Crippen molar-refractivity contribution in [3.63, 3.8) is 0 Å². The van der Waals surface area contributed by atoms with Gasteiger partial charge in [-0.3, -0.25) is 18.8 Å². The summed E-state index contributed by atoms with van der Waals surface area (Å²) in [5.41, 5.74) is 11.2. The summed E-state index contributed by atoms with van der Waals surface area (Å²) in [5, 5.41) is 11.4. The summed E-state index contributed by atoms with van der Waals surface area (Å²) in [6.07, 6.45) is 7.18. The minimum absolute atomic E-state index is 0.213. The van der Waals surface area contributed by atoms with E-state index < -0.39 is 0 Å². The standard InChI is InChI=1S/C25H25N9O2/c1-15-3-4-16(24-30-23(36-31-24)14-33-12-19(26)13-33)7-20(15)29-25(35)21-9-27-22-6-5-17(11-34(21)22)18-8-28-32(2)10-18/h3-11,19H,12-14,26H2,1-2H3,(H,29,35). The maximum absolute atomic E-state index is 13.3. The third-order valence-electron chi connectivity index (χ3n) is 6.33. The van der Waals surface area contributed by atoms with Gasteiger partial charge in [-0.05, 0) is 30.7 Å². The summed E-state index contributed by atoms with van der Waals surface area (Å²) in [6.45, 7) is 4.16. The van der Waals surface area contributed by atoms with Gasteiger partial charge < -0.3 is 15.6 Å². The number of anilines is 1. The van der Waals surface area contributed by atoms with E-state index in [1.54, 1.807) is 21.5 Å². The van der Waals surface area contributed by atoms with Crippen LogP contribution in [0.2, 0.25) is 0 Å². The lowest BCUT2D eigenvalue weighted by molar-refractivity contribution is 0.102. The second-order valence-corrected chi connectivity index (χ2v) is 9.14. The van der Waals surface area contributed by atoms with Gasteiger partial charge in [-0.2, -0.15) is 10.1 Å². The monoisotopic (exact) mass is 483 g/mol. The van der Waals surface area contributed by atoms with E-state index in [4.69, 9.17) is 10.3 Å². The molecule has 3 N–H and O–H groups in total. The molecule has 11 heteroatoms. The van der Waals surface area contributed by atoms with Crippen LogP contribution < -0.4 is 11.1 Å². The molecule has 1 aliphatic heterocycles. The van der Waals surface area contributed by atoms with E-state index in [0.717, 1.165) is 35.3 Å². The van der Waals surface area contributed by atoms with Gasteiger partial charge in [0, 0.05) is 61.0 Å². The molecule has 0 unspecified atom stereocenters. The van der Waals surface area contributed by atoms with Crippen molar-refractivity contribution in [3.8, 4) is 22.5 Å². The van der Waals surface area contributed by atoms with Crippen LogP contribution >= 0.6 is 0 Å². The Balaban J connectivity index is 1.24. The van der Waals surface area contributed by atoms with Gasteiger partial charge in [0.05, 0.1) is 18.9 Å². The lowest BCUT2D eigenvalue weighted by Crippen LogP contribution is -2.54. The number of carbonyl (C=O) groups is 1. The van der Waals surface area contributed by atoms with Crippen molar-refractivity contribution in [2.45, 2.75) is 19.5 Å². The number of likely N-dealkylation sites (tertiary alicyclic amines) is 1. The highest BCUT2D eigenvalue weighted by Crippen LogP contribution is 2.25. The second kappa shape index (κ2) is 8.70. The van der Waals surface area contributed by atoms with Crippen LogP contribution in [0.5, 0.6) is 0 Å². The molecule has 0 aliphatic carbocycles. The van der Waals surface area contributed by atoms with Crippen LogP contribution in [0.15, 0.2) is 59.6 Å². The fraction of sp³-hybridized carbons (Fsp3) is 0.240. The van der Waals surface area contributed by atoms with Crippen molar-refractivity contribution < 1.29 is 9.32 Å². The first-order valence-electron chi connectivity index (χ1n) is 11.6. The second-order valence-electron chi connectivity index (χ2n) is 9.14. The van der Waals surface area contributed by atoms with Crippen LogP contribution in [-0.4, -0.2) is 59.2 Å². The molecule has 0 radical (unpaired) electrons. The predicted octanol–water partition coefficient (Wildman–Crippen LogP) is 2.49. The maximum atomic E-state index is 13.3. The van der Waals surface area contributed by atoms with E-state index >= 15 is 0 Å². The highest BCUT2D eigenvalue weighted by atomic mass is 16.5. The van der Waals surface area contributed by atoms with Crippen molar-refractivity contribution in [1.29, 1.82) is 0 Å². The molecule has 1 saturated heterocycles. The summed E-state index contributed by atoms with van der Waals surface area (Å²) in [4.78, 5) is 24.3. The number of hydrogen-bond acceptors (Lipinski definition) is 8. The van der Waals surface area contributed by atoms with Crippen molar-refractivity contribution in [2.75, 3.05) is 18.4 Å². The highest BCUT2D eigenvalue weighted by Gasteiger charge is 2.25. The summed E-state index contributed by atoms with van der Waals surface area (Å²) in [6, 6.07) is 9.74. The molecule has 0 atom stereocenters. The number of rotatable bonds is 6. The van der Waals surface area contributed by atoms with Gasteiger partial charge in [0.25, 0.3) is 5.91 Å². The Morgan fingerprint density at radius 3 is 2.75 bits per heavy atom. The number of carbonyl (C=O) groups excluding carboxylic acids is 1. The minimum Gasteiger partial charge on any atom is -0.338 e. The van der Waals surface area contributed by atoms with Crippen molar-refractivity contribution in [2.24, 2.45) is 12.8 Å². The number of pyridine rings is 1. The van der Waals surface area contributed by atoms with E-state index in [2.05, 4.69) is 30.4 Å². The van der Waals surface area contributed by atoms with Gasteiger partial charge in [-0.25, -0.2) is 4.98 Å². The molecular formula is C25H25N9O2. The zero-order chi connectivity index (χ0) is 24.8. The van der Waals surface area contributed by atoms with E-state index in [1.165, 1.54) is 0 Å². The zero-order valence-corrected chi connectivity index (χ0v) is 19.9. The smallest absolute Gasteiger partial charge is 0.274 e. The van der Waals surface area contributed by atoms with Crippen molar-refractivity contribution in [3.05, 3.63) is 72.3 Å². The lowest BCUT2D eigenvalue weighted by Gasteiger charge is -2.35. The molecule has 182 valence electrons. The Morgan fingerprint density at radius 1 is 1.14 bits per heavy atom. The first-order chi connectivity index (χ1) is 17.4. The molecule has 11 nitrogen and oxygen atoms in total. The van der Waals surface area contributed by atoms with Crippen LogP contribution in [-0.2, 0) is 13.6 Å². The summed E-state index contributed by atoms with van der Waals surface area (Å²) in [7, 11) is 1.87. The fourth-order valence-corrected chi connectivity index (χ4v) is 4.34. The number of nitrogens with zero attached hydrogens (tertiary/aromatic N) is 7. The molecule has 1 aromatic carbocycles. The van der Waals surface area contributed by atoms with E-state index in [9.17, 15) is 4.79 Å². The number of amides is 1. The third kappa shape index (κ3) is 4.14. The molecule has 1 fully saturated rings. The minimum atomic E-state index is -0.269. The number of fused-ring (bicyclic) bond motifs is 1. The lowest BCUT2D eigenvalue weighted by atomic mass is 10.1. The normalized spacial score (nSPS) is 14.3. The SMILES string of the molecule is Cc1ccc(-c2noc(CN3CC(N)C3)n2)cc1NC(=O)c1cnc2ccc(-c3cnn(C)c3)cn12. The van der Waals surface area contributed by atoms with Gasteiger partial charge in [0.1, 0.15) is 11.3 Å². The summed E-state index contributed by atoms with van der Waals surface area (Å²) >= 11 is 0. The van der Waals surface area contributed by atoms with Gasteiger partial charge in [-0.1, -0.05) is 17.3 Å². The predicted molar refractivity (Wildman–Crippen MR) is 133 cm³/mol. The molecule has 0 spiro atoms. The molecule has 36 heavy (non-hydrogen) atoms. The van der Waals surface area contributed by atoms with Crippen LogP contribution in [0.4, 0.5) is 5.69 Å². The van der Waals surface area contributed by atoms with Crippen LogP contribution in [0.3, 0.4) is 0 Å². The van der Waals surface area contributed by atoms with Crippen molar-refractivity contribution >= 4 is 17.2 Å². The maximum Gasteiger partial charge on any atom is 0.274 e. The number of imidazole rings is 1. The Morgan fingerprint density at radius 2 is 1.97 bits per heavy atom. The molecule has 6 rings (SSSR count). The largest absolute Gasteiger partial charge is 0.338 e. The third-order valence-corrected chi connectivity index (χ3v) is 6.33. The summed E-state index contributed by atoms with van der Waals surface area (Å²) in [5.74, 6) is 0.744. The molecular weight excluding hydrogens is 458 g/mol. The number of nitrogens with two attached hydrogens (primary N) is 1. The Labute approximate surface area is 206 Å². The molecule has 1 amide bonds. The van der Waals surface area contributed by atoms with Crippen molar-refractivity contribution in [1.82, 2.24) is 34.2 Å². The van der Waals surface area contributed by atoms with E-state index in [-0.39, 0.29) is 11.9 Å². The number of benzene rings is 1. The number of aromatic nitrogens is 6. The van der Waals surface area contributed by atoms with Crippen LogP contribution in [0, 0.1) is 6.92 Å². The highest BCUT2D eigenvalue weighted by molar-refractivity contribution is 6.04. The summed E-state index contributed by atoms with van der Waals surface area (Å²) < 4.78 is 8.94. The van der Waals surface area contributed by atoms with Gasteiger partial charge >= 0.3 is 0 Å². The van der Waals surface area contributed by atoms with Gasteiger partial charge in [0.2, 0.25) is 11.7 Å². The average Bonchev–Trinajstić information content (AvgIpc) is 3.59. The van der Waals surface area contributed by atoms with Gasteiger partial charge in [-0.15, -0.1) is 0 Å². The molecule has 4 aromatic heterocycles. The Hall–Kier alpha value is -4.35. The topological polar surface area (TPSA) is 132 Å². The first kappa shape index (κ1) is 22.1. The Bertz CT molecular complexity index is 1580. The fourth-order valence-electron chi connectivity index (χ4n) is 4.34. The van der Waals surface area contributed by atoms with Crippen LogP contribution in [0.1, 0.15) is 21.9 Å².